The summed E-state index contributed by atoms with van der Waals surface area (Å²) in [5.74, 6) is -0.227. The predicted octanol–water partition coefficient (Wildman–Crippen LogP) is 3.08. The van der Waals surface area contributed by atoms with E-state index in [9.17, 15) is 4.79 Å². The average Bonchev–Trinajstić information content (AvgIpc) is 3.15. The van der Waals surface area contributed by atoms with Gasteiger partial charge < -0.3 is 14.0 Å². The average molecular weight is 318 g/mol. The summed E-state index contributed by atoms with van der Waals surface area (Å²) in [6, 6.07) is 9.76. The number of hydrogen-bond acceptors (Lipinski definition) is 3. The summed E-state index contributed by atoms with van der Waals surface area (Å²) in [6.45, 7) is 1.94. The molecule has 0 bridgehead atoms. The van der Waals surface area contributed by atoms with Crippen molar-refractivity contribution in [3.8, 4) is 0 Å². The fourth-order valence-electron chi connectivity index (χ4n) is 3.66. The minimum atomic E-state index is -0.587. The lowest BCUT2D eigenvalue weighted by atomic mass is 10.1. The van der Waals surface area contributed by atoms with Gasteiger partial charge in [0.05, 0.1) is 26.7 Å². The lowest BCUT2D eigenvalue weighted by Gasteiger charge is -2.25. The molecule has 4 nitrogen and oxygen atoms in total. The molecule has 1 saturated carbocycles. The van der Waals surface area contributed by atoms with Crippen LogP contribution in [0.3, 0.4) is 0 Å². The standard InChI is InChI=1S/C19H28NO3/c1-20(2)13-12-17(14-20)23-19(21)18(15-8-4-3-5-9-15)22-16-10-6-7-11-16/h3-5,8-9,16-18H,6-7,10-14H2,1-2H3/q+1. The summed E-state index contributed by atoms with van der Waals surface area (Å²) in [6.07, 6.45) is 5.01. The second-order valence-electron chi connectivity index (χ2n) is 7.52. The highest BCUT2D eigenvalue weighted by Crippen LogP contribution is 2.29. The second-order valence-corrected chi connectivity index (χ2v) is 7.52. The van der Waals surface area contributed by atoms with Gasteiger partial charge in [-0.15, -0.1) is 0 Å². The lowest BCUT2D eigenvalue weighted by molar-refractivity contribution is -0.879. The van der Waals surface area contributed by atoms with Crippen molar-refractivity contribution in [3.63, 3.8) is 0 Å². The van der Waals surface area contributed by atoms with Gasteiger partial charge in [0.15, 0.2) is 12.2 Å². The van der Waals surface area contributed by atoms with Crippen molar-refractivity contribution < 1.29 is 18.8 Å². The Morgan fingerprint density at radius 2 is 1.78 bits per heavy atom. The van der Waals surface area contributed by atoms with Crippen LogP contribution in [0.4, 0.5) is 0 Å². The quantitative estimate of drug-likeness (QED) is 0.618. The Morgan fingerprint density at radius 3 is 2.39 bits per heavy atom. The van der Waals surface area contributed by atoms with E-state index in [0.29, 0.717) is 0 Å². The molecule has 0 aromatic heterocycles. The highest BCUT2D eigenvalue weighted by Gasteiger charge is 2.36. The van der Waals surface area contributed by atoms with Crippen LogP contribution in [-0.4, -0.2) is 49.8 Å². The number of esters is 1. The summed E-state index contributed by atoms with van der Waals surface area (Å²) >= 11 is 0. The normalized spacial score (nSPS) is 25.4. The molecule has 4 heteroatoms. The van der Waals surface area contributed by atoms with Gasteiger partial charge in [-0.05, 0) is 18.4 Å². The van der Waals surface area contributed by atoms with Crippen LogP contribution in [0.15, 0.2) is 30.3 Å². The van der Waals surface area contributed by atoms with Crippen LogP contribution < -0.4 is 0 Å². The molecular weight excluding hydrogens is 290 g/mol. The van der Waals surface area contributed by atoms with E-state index in [1.807, 2.05) is 30.3 Å². The van der Waals surface area contributed by atoms with Gasteiger partial charge in [-0.2, -0.15) is 0 Å². The van der Waals surface area contributed by atoms with E-state index in [2.05, 4.69) is 14.1 Å². The monoisotopic (exact) mass is 318 g/mol. The minimum absolute atomic E-state index is 0.0101. The molecule has 2 unspecified atom stereocenters. The zero-order valence-electron chi connectivity index (χ0n) is 14.2. The number of likely N-dealkylation sites (N-methyl/N-ethyl adjacent to an activating group) is 1. The van der Waals surface area contributed by atoms with Crippen molar-refractivity contribution in [2.24, 2.45) is 0 Å². The first kappa shape index (κ1) is 16.5. The molecule has 23 heavy (non-hydrogen) atoms. The fraction of sp³-hybridized carbons (Fsp3) is 0.632. The Balaban J connectivity index is 1.68. The maximum Gasteiger partial charge on any atom is 0.340 e. The molecule has 2 aliphatic rings. The number of quaternary nitrogens is 1. The second kappa shape index (κ2) is 7.02. The van der Waals surface area contributed by atoms with E-state index in [1.165, 1.54) is 12.8 Å². The molecule has 3 rings (SSSR count). The van der Waals surface area contributed by atoms with E-state index >= 15 is 0 Å². The van der Waals surface area contributed by atoms with E-state index in [0.717, 1.165) is 42.4 Å². The van der Waals surface area contributed by atoms with E-state index in [4.69, 9.17) is 9.47 Å². The van der Waals surface area contributed by atoms with E-state index in [-0.39, 0.29) is 18.2 Å². The number of benzene rings is 1. The smallest absolute Gasteiger partial charge is 0.340 e. The van der Waals surface area contributed by atoms with E-state index < -0.39 is 6.10 Å². The van der Waals surface area contributed by atoms with Gasteiger partial charge in [0, 0.05) is 6.42 Å². The first-order chi connectivity index (χ1) is 11.0. The Bertz CT molecular complexity index is 523. The van der Waals surface area contributed by atoms with Crippen molar-refractivity contribution in [2.75, 3.05) is 27.2 Å². The summed E-state index contributed by atoms with van der Waals surface area (Å²) in [7, 11) is 4.36. The third-order valence-corrected chi connectivity index (χ3v) is 4.98. The van der Waals surface area contributed by atoms with Crippen molar-refractivity contribution in [1.29, 1.82) is 0 Å². The number of hydrogen-bond donors (Lipinski definition) is 0. The van der Waals surface area contributed by atoms with Crippen LogP contribution in [0.5, 0.6) is 0 Å². The molecule has 0 amide bonds. The van der Waals surface area contributed by atoms with Gasteiger partial charge in [0.1, 0.15) is 6.54 Å². The largest absolute Gasteiger partial charge is 0.454 e. The zero-order chi connectivity index (χ0) is 16.3. The van der Waals surface area contributed by atoms with Crippen molar-refractivity contribution in [1.82, 2.24) is 0 Å². The van der Waals surface area contributed by atoms with Gasteiger partial charge in [0.2, 0.25) is 0 Å². The zero-order valence-corrected chi connectivity index (χ0v) is 14.2. The first-order valence-corrected chi connectivity index (χ1v) is 8.76. The maximum atomic E-state index is 12.7. The Hall–Kier alpha value is -1.39. The van der Waals surface area contributed by atoms with Crippen molar-refractivity contribution in [3.05, 3.63) is 35.9 Å². The third-order valence-electron chi connectivity index (χ3n) is 4.98. The highest BCUT2D eigenvalue weighted by atomic mass is 16.6. The Labute approximate surface area is 139 Å². The molecule has 0 N–H and O–H groups in total. The van der Waals surface area contributed by atoms with Crippen LogP contribution >= 0.6 is 0 Å². The number of ether oxygens (including phenoxy) is 2. The van der Waals surface area contributed by atoms with Crippen LogP contribution in [0.25, 0.3) is 0 Å². The number of nitrogens with zero attached hydrogens (tertiary/aromatic N) is 1. The van der Waals surface area contributed by atoms with Gasteiger partial charge in [-0.1, -0.05) is 43.2 Å². The number of carbonyl (C=O) groups excluding carboxylic acids is 1. The van der Waals surface area contributed by atoms with Crippen LogP contribution in [0.2, 0.25) is 0 Å². The minimum Gasteiger partial charge on any atom is -0.454 e. The predicted molar refractivity (Wildman–Crippen MR) is 88.9 cm³/mol. The van der Waals surface area contributed by atoms with Gasteiger partial charge in [0.25, 0.3) is 0 Å². The van der Waals surface area contributed by atoms with Gasteiger partial charge in [-0.3, -0.25) is 0 Å². The van der Waals surface area contributed by atoms with Gasteiger partial charge >= 0.3 is 5.97 Å². The van der Waals surface area contributed by atoms with Crippen LogP contribution in [0, 0.1) is 0 Å². The first-order valence-electron chi connectivity index (χ1n) is 8.76. The number of carbonyl (C=O) groups is 1. The van der Waals surface area contributed by atoms with Crippen LogP contribution in [0.1, 0.15) is 43.8 Å². The highest BCUT2D eigenvalue weighted by molar-refractivity contribution is 5.76. The number of rotatable bonds is 5. The molecule has 1 aliphatic heterocycles. The SMILES string of the molecule is C[N+]1(C)CCC(OC(=O)C(OC2CCCC2)c2ccccc2)C1. The van der Waals surface area contributed by atoms with Crippen molar-refractivity contribution in [2.45, 2.75) is 50.4 Å². The molecule has 0 radical (unpaired) electrons. The Kier molecular flexibility index (Phi) is 5.02. The molecule has 126 valence electrons. The Morgan fingerprint density at radius 1 is 1.09 bits per heavy atom. The van der Waals surface area contributed by atoms with Crippen molar-refractivity contribution >= 4 is 5.97 Å². The lowest BCUT2D eigenvalue weighted by Crippen LogP contribution is -2.38. The maximum absolute atomic E-state index is 12.7. The fourth-order valence-corrected chi connectivity index (χ4v) is 3.66. The topological polar surface area (TPSA) is 35.5 Å². The van der Waals surface area contributed by atoms with E-state index in [1.54, 1.807) is 0 Å². The van der Waals surface area contributed by atoms with Crippen LogP contribution in [-0.2, 0) is 14.3 Å². The third kappa shape index (κ3) is 4.33. The summed E-state index contributed by atoms with van der Waals surface area (Å²) in [5.41, 5.74) is 0.899. The number of likely N-dealkylation sites (tertiary alicyclic amines) is 1. The summed E-state index contributed by atoms with van der Waals surface area (Å²) in [5, 5.41) is 0. The molecule has 1 aliphatic carbocycles. The molecule has 0 spiro atoms. The molecule has 1 aromatic carbocycles. The van der Waals surface area contributed by atoms with Gasteiger partial charge in [-0.25, -0.2) is 4.79 Å². The summed E-state index contributed by atoms with van der Waals surface area (Å²) in [4.78, 5) is 12.7. The molecular formula is C19H28NO3+. The molecule has 1 heterocycles. The molecule has 1 saturated heterocycles. The molecule has 2 fully saturated rings. The molecule has 1 aromatic rings. The summed E-state index contributed by atoms with van der Waals surface area (Å²) < 4.78 is 12.9. The molecule has 2 atom stereocenters.